The monoisotopic (exact) mass is 589 g/mol. The molecule has 1 amide bonds. The molecule has 2 fully saturated rings. The molecule has 3 aromatic rings. The van der Waals surface area contributed by atoms with Crippen LogP contribution in [0.2, 0.25) is 10.0 Å². The lowest BCUT2D eigenvalue weighted by molar-refractivity contribution is -0.137. The van der Waals surface area contributed by atoms with Crippen LogP contribution in [0.3, 0.4) is 0 Å². The summed E-state index contributed by atoms with van der Waals surface area (Å²) in [6.45, 7) is 4.65. The van der Waals surface area contributed by atoms with Gasteiger partial charge in [-0.3, -0.25) is 4.79 Å². The van der Waals surface area contributed by atoms with Crippen LogP contribution in [0.15, 0.2) is 71.6 Å². The number of sulfonamides is 1. The van der Waals surface area contributed by atoms with Crippen molar-refractivity contribution in [2.45, 2.75) is 24.2 Å². The zero-order valence-corrected chi connectivity index (χ0v) is 23.9. The van der Waals surface area contributed by atoms with Gasteiger partial charge in [-0.05, 0) is 72.9 Å². The number of carbonyl (C=O) groups excluding carboxylic acids is 1. The van der Waals surface area contributed by atoms with Crippen LogP contribution in [0.1, 0.15) is 23.5 Å². The Labute approximate surface area is 239 Å². The van der Waals surface area contributed by atoms with Crippen molar-refractivity contribution in [3.8, 4) is 0 Å². The molecule has 0 aliphatic carbocycles. The normalized spacial score (nSPS) is 20.7. The molecule has 206 valence electrons. The molecule has 0 radical (unpaired) electrons. The first-order valence-electron chi connectivity index (χ1n) is 12.9. The van der Waals surface area contributed by atoms with Gasteiger partial charge in [-0.1, -0.05) is 47.5 Å². The fraction of sp³-hybridized carbons (Fsp3) is 0.345. The van der Waals surface area contributed by atoms with Gasteiger partial charge in [0.15, 0.2) is 0 Å². The number of halogens is 3. The van der Waals surface area contributed by atoms with E-state index in [0.29, 0.717) is 42.6 Å². The number of piperidine rings is 1. The van der Waals surface area contributed by atoms with Crippen LogP contribution in [0.25, 0.3) is 0 Å². The summed E-state index contributed by atoms with van der Waals surface area (Å²) in [4.78, 5) is 18.2. The highest BCUT2D eigenvalue weighted by molar-refractivity contribution is 7.89. The van der Waals surface area contributed by atoms with Crippen LogP contribution in [0.4, 0.5) is 10.1 Å². The van der Waals surface area contributed by atoms with E-state index in [4.69, 9.17) is 23.2 Å². The molecule has 0 saturated carbocycles. The minimum absolute atomic E-state index is 0.0450. The SMILES string of the molecule is Cc1ccc(Cl)cc1N1CCN(C(=O)C2CN(S(=O)(=O)c3cccc(Cl)c3)CCC2c2ccc(F)cc2)CC1. The van der Waals surface area contributed by atoms with Crippen LogP contribution in [0.5, 0.6) is 0 Å². The van der Waals surface area contributed by atoms with Crippen molar-refractivity contribution in [2.75, 3.05) is 44.2 Å². The molecule has 0 aromatic heterocycles. The van der Waals surface area contributed by atoms with Crippen molar-refractivity contribution in [2.24, 2.45) is 5.92 Å². The quantitative estimate of drug-likeness (QED) is 0.389. The first-order valence-corrected chi connectivity index (χ1v) is 15.1. The highest BCUT2D eigenvalue weighted by Crippen LogP contribution is 2.37. The summed E-state index contributed by atoms with van der Waals surface area (Å²) in [6.07, 6.45) is 0.448. The molecule has 5 rings (SSSR count). The van der Waals surface area contributed by atoms with E-state index in [1.165, 1.54) is 28.6 Å². The van der Waals surface area contributed by atoms with Crippen LogP contribution in [0, 0.1) is 18.7 Å². The second-order valence-electron chi connectivity index (χ2n) is 10.1. The van der Waals surface area contributed by atoms with Gasteiger partial charge in [0.05, 0.1) is 10.8 Å². The van der Waals surface area contributed by atoms with E-state index in [1.807, 2.05) is 30.0 Å². The molecular formula is C29H30Cl2FN3O3S. The van der Waals surface area contributed by atoms with Gasteiger partial charge in [-0.25, -0.2) is 12.8 Å². The van der Waals surface area contributed by atoms with Crippen LogP contribution < -0.4 is 4.90 Å². The Morgan fingerprint density at radius 3 is 2.28 bits per heavy atom. The fourth-order valence-corrected chi connectivity index (χ4v) is 7.55. The number of nitrogens with zero attached hydrogens (tertiary/aromatic N) is 3. The average Bonchev–Trinajstić information content (AvgIpc) is 2.94. The molecule has 10 heteroatoms. The Bertz CT molecular complexity index is 1460. The summed E-state index contributed by atoms with van der Waals surface area (Å²) in [7, 11) is -3.85. The predicted octanol–water partition coefficient (Wildman–Crippen LogP) is 5.58. The molecule has 0 bridgehead atoms. The van der Waals surface area contributed by atoms with Crippen molar-refractivity contribution in [1.82, 2.24) is 9.21 Å². The molecule has 2 aliphatic rings. The topological polar surface area (TPSA) is 60.9 Å². The third-order valence-electron chi connectivity index (χ3n) is 7.73. The van der Waals surface area contributed by atoms with Crippen molar-refractivity contribution < 1.29 is 17.6 Å². The van der Waals surface area contributed by atoms with Gasteiger partial charge in [-0.2, -0.15) is 4.31 Å². The summed E-state index contributed by atoms with van der Waals surface area (Å²) in [5.74, 6) is -1.26. The van der Waals surface area contributed by atoms with Gasteiger partial charge in [0, 0.05) is 55.0 Å². The predicted molar refractivity (Wildman–Crippen MR) is 152 cm³/mol. The molecule has 2 atom stereocenters. The lowest BCUT2D eigenvalue weighted by Crippen LogP contribution is -2.54. The maximum absolute atomic E-state index is 14.0. The van der Waals surface area contributed by atoms with E-state index in [2.05, 4.69) is 4.90 Å². The molecule has 6 nitrogen and oxygen atoms in total. The Morgan fingerprint density at radius 1 is 0.897 bits per heavy atom. The minimum Gasteiger partial charge on any atom is -0.368 e. The standard InChI is InChI=1S/C29H30Cl2FN3O3S/c1-20-5-8-23(31)18-28(20)33-13-15-34(16-14-33)29(36)27-19-35(39(37,38)25-4-2-3-22(30)17-25)12-11-26(27)21-6-9-24(32)10-7-21/h2-10,17-18,26-27H,11-16,19H2,1H3. The van der Waals surface area contributed by atoms with Gasteiger partial charge in [-0.15, -0.1) is 0 Å². The lowest BCUT2D eigenvalue weighted by atomic mass is 9.80. The highest BCUT2D eigenvalue weighted by Gasteiger charge is 2.42. The van der Waals surface area contributed by atoms with E-state index in [0.717, 1.165) is 16.8 Å². The maximum atomic E-state index is 14.0. The van der Waals surface area contributed by atoms with E-state index in [1.54, 1.807) is 24.3 Å². The van der Waals surface area contributed by atoms with Gasteiger partial charge < -0.3 is 9.80 Å². The molecule has 2 heterocycles. The molecular weight excluding hydrogens is 560 g/mol. The number of amides is 1. The molecule has 2 aliphatic heterocycles. The maximum Gasteiger partial charge on any atom is 0.243 e. The van der Waals surface area contributed by atoms with E-state index in [-0.39, 0.29) is 35.6 Å². The van der Waals surface area contributed by atoms with Gasteiger partial charge in [0.2, 0.25) is 15.9 Å². The fourth-order valence-electron chi connectivity index (χ4n) is 5.60. The Kier molecular flexibility index (Phi) is 8.19. The zero-order valence-electron chi connectivity index (χ0n) is 21.6. The third kappa shape index (κ3) is 5.94. The largest absolute Gasteiger partial charge is 0.368 e. The summed E-state index contributed by atoms with van der Waals surface area (Å²) in [5.41, 5.74) is 3.00. The Balaban J connectivity index is 1.38. The smallest absolute Gasteiger partial charge is 0.243 e. The number of aryl methyl sites for hydroxylation is 1. The summed E-state index contributed by atoms with van der Waals surface area (Å²) < 4.78 is 42.1. The third-order valence-corrected chi connectivity index (χ3v) is 10.1. The first kappa shape index (κ1) is 27.9. The van der Waals surface area contributed by atoms with Crippen LogP contribution in [-0.4, -0.2) is 62.8 Å². The number of carbonyl (C=O) groups is 1. The second kappa shape index (κ2) is 11.5. The number of hydrogen-bond acceptors (Lipinski definition) is 4. The van der Waals surface area contributed by atoms with E-state index in [9.17, 15) is 17.6 Å². The Hall–Kier alpha value is -2.65. The van der Waals surface area contributed by atoms with Crippen molar-refractivity contribution >= 4 is 44.8 Å². The number of benzene rings is 3. The molecule has 2 unspecified atom stereocenters. The molecule has 0 spiro atoms. The van der Waals surface area contributed by atoms with Crippen LogP contribution >= 0.6 is 23.2 Å². The molecule has 39 heavy (non-hydrogen) atoms. The summed E-state index contributed by atoms with van der Waals surface area (Å²) >= 11 is 12.3. The van der Waals surface area contributed by atoms with Gasteiger partial charge >= 0.3 is 0 Å². The molecule has 2 saturated heterocycles. The van der Waals surface area contributed by atoms with Gasteiger partial charge in [0.25, 0.3) is 0 Å². The van der Waals surface area contributed by atoms with Crippen LogP contribution in [-0.2, 0) is 14.8 Å². The average molecular weight is 591 g/mol. The number of anilines is 1. The minimum atomic E-state index is -3.85. The van der Waals surface area contributed by atoms with Crippen molar-refractivity contribution in [1.29, 1.82) is 0 Å². The van der Waals surface area contributed by atoms with Crippen molar-refractivity contribution in [3.05, 3.63) is 93.7 Å². The molecule has 0 N–H and O–H groups in total. The van der Waals surface area contributed by atoms with E-state index >= 15 is 0 Å². The summed E-state index contributed by atoms with van der Waals surface area (Å²) in [5, 5.41) is 0.997. The number of hydrogen-bond donors (Lipinski definition) is 0. The lowest BCUT2D eigenvalue weighted by Gasteiger charge is -2.42. The Morgan fingerprint density at radius 2 is 1.59 bits per heavy atom. The zero-order chi connectivity index (χ0) is 27.7. The van der Waals surface area contributed by atoms with E-state index < -0.39 is 15.9 Å². The molecule has 3 aromatic carbocycles. The first-order chi connectivity index (χ1) is 18.6. The highest BCUT2D eigenvalue weighted by atomic mass is 35.5. The number of rotatable bonds is 5. The van der Waals surface area contributed by atoms with Crippen molar-refractivity contribution in [3.63, 3.8) is 0 Å². The van der Waals surface area contributed by atoms with Gasteiger partial charge in [0.1, 0.15) is 5.82 Å². The summed E-state index contributed by atoms with van der Waals surface area (Å²) in [6, 6.07) is 18.1. The second-order valence-corrected chi connectivity index (χ2v) is 12.9. The number of piperazine rings is 1.